The number of hydrogen-bond donors (Lipinski definition) is 2. The third kappa shape index (κ3) is 2.57. The molecule has 0 amide bonds. The Hall–Kier alpha value is -1.30. The standard InChI is InChI=1S/C29H41NO4/c1-27(2,3)28(4,32)24-18-10-11-29(26(24)33-5)23-19(18)14-30(12-16-6-7-16)13-17-8-9-21(31)25(34-29)22(17)20(23)15-30/h8-9,16,18-20,23-24,26,32H,6-7,10-15H2,1-5H3/p+1/t18-,19?,20?,23-,24?,26+,28-,29-,30?/m0/s1. The SMILES string of the molecule is CO[C@@H]1C([C@](C)(O)C(C)(C)C)[C@H]2CC[C@@]13Oc1c(O)ccc4c1C1C[N+](CC5CC5)(C4)CC2[C@@H]13. The van der Waals surface area contributed by atoms with Gasteiger partial charge in [0.2, 0.25) is 0 Å². The first-order valence-corrected chi connectivity index (χ1v) is 13.7. The molecule has 9 atom stereocenters. The Morgan fingerprint density at radius 1 is 1.12 bits per heavy atom. The molecular weight excluding hydrogens is 426 g/mol. The molecule has 8 rings (SSSR count). The number of piperidine rings is 1. The summed E-state index contributed by atoms with van der Waals surface area (Å²) in [7, 11) is 1.81. The van der Waals surface area contributed by atoms with Gasteiger partial charge in [0, 0.05) is 47.8 Å². The normalized spacial score (nSPS) is 45.5. The zero-order chi connectivity index (χ0) is 23.8. The Bertz CT molecular complexity index is 1040. The van der Waals surface area contributed by atoms with Gasteiger partial charge in [0.05, 0.1) is 25.2 Å². The van der Waals surface area contributed by atoms with E-state index in [-0.39, 0.29) is 23.2 Å². The van der Waals surface area contributed by atoms with E-state index < -0.39 is 11.2 Å². The Morgan fingerprint density at radius 3 is 2.56 bits per heavy atom. The van der Waals surface area contributed by atoms with Crippen molar-refractivity contribution < 1.29 is 24.2 Å². The molecule has 4 aliphatic carbocycles. The molecule has 0 aromatic heterocycles. The Morgan fingerprint density at radius 2 is 1.88 bits per heavy atom. The van der Waals surface area contributed by atoms with Crippen molar-refractivity contribution in [2.24, 2.45) is 35.0 Å². The van der Waals surface area contributed by atoms with Gasteiger partial charge in [-0.2, -0.15) is 0 Å². The molecule has 3 heterocycles. The van der Waals surface area contributed by atoms with Crippen molar-refractivity contribution in [3.63, 3.8) is 0 Å². The van der Waals surface area contributed by atoms with Gasteiger partial charge in [0.25, 0.3) is 0 Å². The van der Waals surface area contributed by atoms with Crippen LogP contribution in [0.15, 0.2) is 12.1 Å². The van der Waals surface area contributed by atoms with Gasteiger partial charge in [-0.15, -0.1) is 0 Å². The van der Waals surface area contributed by atoms with Crippen LogP contribution in [0.1, 0.15) is 70.4 Å². The van der Waals surface area contributed by atoms with Crippen molar-refractivity contribution in [1.82, 2.24) is 0 Å². The van der Waals surface area contributed by atoms with Gasteiger partial charge in [-0.3, -0.25) is 0 Å². The fourth-order valence-electron chi connectivity index (χ4n) is 9.68. The van der Waals surface area contributed by atoms with E-state index in [1.807, 2.05) is 20.1 Å². The number of fused-ring (bicyclic) bond motifs is 3. The van der Waals surface area contributed by atoms with E-state index in [1.54, 1.807) is 0 Å². The van der Waals surface area contributed by atoms with Gasteiger partial charge >= 0.3 is 0 Å². The average molecular weight is 469 g/mol. The van der Waals surface area contributed by atoms with Crippen molar-refractivity contribution in [2.75, 3.05) is 26.7 Å². The molecule has 1 saturated heterocycles. The van der Waals surface area contributed by atoms with E-state index in [1.165, 1.54) is 48.1 Å². The molecule has 1 aromatic carbocycles. The summed E-state index contributed by atoms with van der Waals surface area (Å²) in [5.41, 5.74) is 1.06. The lowest BCUT2D eigenvalue weighted by Crippen LogP contribution is -2.79. The van der Waals surface area contributed by atoms with E-state index in [9.17, 15) is 10.2 Å². The lowest BCUT2D eigenvalue weighted by atomic mass is 9.42. The number of benzene rings is 1. The average Bonchev–Trinajstić information content (AvgIpc) is 3.57. The van der Waals surface area contributed by atoms with Crippen LogP contribution < -0.4 is 4.74 Å². The highest BCUT2D eigenvalue weighted by Crippen LogP contribution is 2.70. The van der Waals surface area contributed by atoms with Gasteiger partial charge in [-0.05, 0) is 56.1 Å². The number of aliphatic hydroxyl groups is 1. The smallest absolute Gasteiger partial charge is 0.166 e. The largest absolute Gasteiger partial charge is 0.504 e. The lowest BCUT2D eigenvalue weighted by molar-refractivity contribution is -0.956. The second kappa shape index (κ2) is 6.52. The highest BCUT2D eigenvalue weighted by atomic mass is 16.6. The quantitative estimate of drug-likeness (QED) is 0.641. The molecule has 5 fully saturated rings. The van der Waals surface area contributed by atoms with Crippen molar-refractivity contribution in [2.45, 2.75) is 83.1 Å². The predicted molar refractivity (Wildman–Crippen MR) is 130 cm³/mol. The summed E-state index contributed by atoms with van der Waals surface area (Å²) in [6.45, 7) is 13.3. The van der Waals surface area contributed by atoms with Crippen molar-refractivity contribution >= 4 is 0 Å². The number of rotatable bonds is 4. The van der Waals surface area contributed by atoms with Crippen molar-refractivity contribution in [1.29, 1.82) is 0 Å². The van der Waals surface area contributed by atoms with Crippen LogP contribution in [0.3, 0.4) is 0 Å². The summed E-state index contributed by atoms with van der Waals surface area (Å²) >= 11 is 0. The van der Waals surface area contributed by atoms with Crippen LogP contribution >= 0.6 is 0 Å². The third-order valence-corrected chi connectivity index (χ3v) is 11.5. The molecule has 186 valence electrons. The highest BCUT2D eigenvalue weighted by molar-refractivity contribution is 5.56. The summed E-state index contributed by atoms with van der Waals surface area (Å²) in [6.07, 6.45) is 4.62. The van der Waals surface area contributed by atoms with E-state index in [2.05, 4.69) is 26.8 Å². The van der Waals surface area contributed by atoms with E-state index in [0.29, 0.717) is 23.7 Å². The Balaban J connectivity index is 1.44. The first kappa shape index (κ1) is 21.9. The number of nitrogens with zero attached hydrogens (tertiary/aromatic N) is 1. The maximum Gasteiger partial charge on any atom is 0.166 e. The minimum Gasteiger partial charge on any atom is -0.504 e. The summed E-state index contributed by atoms with van der Waals surface area (Å²) in [5, 5.41) is 23.2. The molecule has 5 nitrogen and oxygen atoms in total. The summed E-state index contributed by atoms with van der Waals surface area (Å²) in [6, 6.07) is 4.03. The van der Waals surface area contributed by atoms with Crippen LogP contribution in [0.4, 0.5) is 0 Å². The molecule has 3 aliphatic heterocycles. The van der Waals surface area contributed by atoms with Gasteiger partial charge in [0.15, 0.2) is 11.5 Å². The van der Waals surface area contributed by atoms with Crippen LogP contribution in [0.5, 0.6) is 11.5 Å². The molecule has 5 heteroatoms. The number of methoxy groups -OCH3 is 1. The number of hydrogen-bond acceptors (Lipinski definition) is 4. The van der Waals surface area contributed by atoms with Crippen LogP contribution in [-0.4, -0.2) is 58.7 Å². The summed E-state index contributed by atoms with van der Waals surface area (Å²) in [5.74, 6) is 3.68. The maximum atomic E-state index is 12.1. The van der Waals surface area contributed by atoms with E-state index in [0.717, 1.165) is 31.1 Å². The fraction of sp³-hybridized carbons (Fsp3) is 0.793. The molecule has 4 saturated carbocycles. The van der Waals surface area contributed by atoms with Crippen LogP contribution in [-0.2, 0) is 11.3 Å². The van der Waals surface area contributed by atoms with E-state index >= 15 is 0 Å². The Labute approximate surface area is 204 Å². The van der Waals surface area contributed by atoms with Crippen molar-refractivity contribution in [3.8, 4) is 11.5 Å². The zero-order valence-corrected chi connectivity index (χ0v) is 21.5. The van der Waals surface area contributed by atoms with Crippen LogP contribution in [0.2, 0.25) is 0 Å². The second-order valence-electron chi connectivity index (χ2n) is 14.1. The summed E-state index contributed by atoms with van der Waals surface area (Å²) in [4.78, 5) is 0. The molecule has 1 spiro atoms. The van der Waals surface area contributed by atoms with E-state index in [4.69, 9.17) is 9.47 Å². The first-order chi connectivity index (χ1) is 16.0. The van der Waals surface area contributed by atoms with Crippen molar-refractivity contribution in [3.05, 3.63) is 23.3 Å². The molecular formula is C29H42NO4+. The van der Waals surface area contributed by atoms with Crippen LogP contribution in [0.25, 0.3) is 0 Å². The Kier molecular flexibility index (Phi) is 4.21. The molecule has 4 bridgehead atoms. The lowest BCUT2D eigenvalue weighted by Gasteiger charge is -2.71. The minimum atomic E-state index is -0.881. The number of phenols is 1. The number of phenolic OH excluding ortho intramolecular Hbond substituents is 1. The molecule has 7 aliphatic rings. The zero-order valence-electron chi connectivity index (χ0n) is 21.5. The topological polar surface area (TPSA) is 58.9 Å². The summed E-state index contributed by atoms with van der Waals surface area (Å²) < 4.78 is 14.6. The number of aromatic hydroxyl groups is 1. The maximum absolute atomic E-state index is 12.1. The van der Waals surface area contributed by atoms with Crippen LogP contribution in [0, 0.1) is 35.0 Å². The highest BCUT2D eigenvalue weighted by Gasteiger charge is 2.75. The molecule has 0 radical (unpaired) electrons. The third-order valence-electron chi connectivity index (χ3n) is 11.5. The monoisotopic (exact) mass is 468 g/mol. The first-order valence-electron chi connectivity index (χ1n) is 13.7. The fourth-order valence-corrected chi connectivity index (χ4v) is 9.68. The predicted octanol–water partition coefficient (Wildman–Crippen LogP) is 4.45. The number of ether oxygens (including phenoxy) is 2. The number of quaternary nitrogens is 1. The van der Waals surface area contributed by atoms with Gasteiger partial charge in [-0.1, -0.05) is 20.8 Å². The minimum absolute atomic E-state index is 0.0142. The van der Waals surface area contributed by atoms with Gasteiger partial charge in [-0.25, -0.2) is 0 Å². The molecule has 4 unspecified atom stereocenters. The second-order valence-corrected chi connectivity index (χ2v) is 14.1. The van der Waals surface area contributed by atoms with Gasteiger partial charge in [0.1, 0.15) is 18.2 Å². The van der Waals surface area contributed by atoms with Gasteiger partial charge < -0.3 is 24.2 Å². The molecule has 1 aromatic rings. The molecule has 34 heavy (non-hydrogen) atoms. The molecule has 2 N–H and O–H groups in total.